The highest BCUT2D eigenvalue weighted by molar-refractivity contribution is 5.94. The molecule has 0 aliphatic carbocycles. The van der Waals surface area contributed by atoms with Crippen molar-refractivity contribution in [1.29, 1.82) is 0 Å². The Morgan fingerprint density at radius 1 is 1.00 bits per heavy atom. The van der Waals surface area contributed by atoms with Crippen molar-refractivity contribution < 1.29 is 9.59 Å². The maximum absolute atomic E-state index is 13.2. The van der Waals surface area contributed by atoms with Crippen LogP contribution in [0.5, 0.6) is 0 Å². The summed E-state index contributed by atoms with van der Waals surface area (Å²) in [5.41, 5.74) is 2.17. The molecule has 2 aliphatic rings. The third kappa shape index (κ3) is 5.85. The zero-order chi connectivity index (χ0) is 24.9. The number of piperazine rings is 2. The molecule has 2 fully saturated rings. The van der Waals surface area contributed by atoms with E-state index in [1.54, 1.807) is 18.5 Å². The van der Waals surface area contributed by atoms with Gasteiger partial charge < -0.3 is 9.80 Å². The molecule has 1 unspecified atom stereocenters. The molecule has 4 rings (SSSR count). The number of amides is 2. The Hall–Kier alpha value is -2.91. The quantitative estimate of drug-likeness (QED) is 0.625. The standard InChI is InChI=1S/C26H37N7O2/c1-5-30-8-10-32(20(3)16-30)25(34)23-13-22(14-28-15-23)12-19(2)31-9-11-33(21(4)17-31)26(35)24-6-7-27-18-29-24/h6-7,13-15,18-21H,5,8-12,16-17H2,1-4H3/t19?,20-,21+/m0/s1. The third-order valence-electron chi connectivity index (χ3n) is 7.34. The van der Waals surface area contributed by atoms with Gasteiger partial charge in [-0.15, -0.1) is 0 Å². The first-order valence-corrected chi connectivity index (χ1v) is 12.7. The molecule has 0 saturated carbocycles. The van der Waals surface area contributed by atoms with Crippen LogP contribution < -0.4 is 0 Å². The van der Waals surface area contributed by atoms with E-state index in [-0.39, 0.29) is 29.9 Å². The van der Waals surface area contributed by atoms with Crippen LogP contribution in [0.3, 0.4) is 0 Å². The Labute approximate surface area is 208 Å². The molecule has 4 heterocycles. The van der Waals surface area contributed by atoms with Crippen molar-refractivity contribution in [3.63, 3.8) is 0 Å². The number of aromatic nitrogens is 3. The van der Waals surface area contributed by atoms with Crippen LogP contribution in [0, 0.1) is 0 Å². The number of rotatable bonds is 6. The van der Waals surface area contributed by atoms with Gasteiger partial charge in [0.1, 0.15) is 12.0 Å². The molecule has 2 amide bonds. The van der Waals surface area contributed by atoms with Gasteiger partial charge >= 0.3 is 0 Å². The molecule has 0 bridgehead atoms. The zero-order valence-corrected chi connectivity index (χ0v) is 21.3. The topological polar surface area (TPSA) is 85.8 Å². The molecule has 0 radical (unpaired) electrons. The van der Waals surface area contributed by atoms with E-state index >= 15 is 0 Å². The fourth-order valence-corrected chi connectivity index (χ4v) is 5.23. The molecule has 0 N–H and O–H groups in total. The van der Waals surface area contributed by atoms with Gasteiger partial charge in [0.05, 0.1) is 5.56 Å². The summed E-state index contributed by atoms with van der Waals surface area (Å²) >= 11 is 0. The molecule has 2 aliphatic heterocycles. The lowest BCUT2D eigenvalue weighted by Crippen LogP contribution is -2.56. The number of pyridine rings is 1. The first-order valence-electron chi connectivity index (χ1n) is 12.7. The van der Waals surface area contributed by atoms with Gasteiger partial charge in [-0.05, 0) is 51.4 Å². The van der Waals surface area contributed by atoms with Crippen molar-refractivity contribution in [2.45, 2.75) is 52.2 Å². The van der Waals surface area contributed by atoms with E-state index in [1.165, 1.54) is 6.33 Å². The zero-order valence-electron chi connectivity index (χ0n) is 21.3. The molecule has 0 aromatic carbocycles. The summed E-state index contributed by atoms with van der Waals surface area (Å²) in [6.07, 6.45) is 7.37. The van der Waals surface area contributed by atoms with Gasteiger partial charge in [-0.25, -0.2) is 9.97 Å². The van der Waals surface area contributed by atoms with Crippen LogP contribution in [0.25, 0.3) is 0 Å². The van der Waals surface area contributed by atoms with E-state index in [1.807, 2.05) is 22.1 Å². The summed E-state index contributed by atoms with van der Waals surface area (Å²) < 4.78 is 0. The van der Waals surface area contributed by atoms with E-state index < -0.39 is 0 Å². The number of hydrogen-bond acceptors (Lipinski definition) is 7. The van der Waals surface area contributed by atoms with Crippen LogP contribution in [0.4, 0.5) is 0 Å². The van der Waals surface area contributed by atoms with E-state index in [2.05, 4.69) is 52.4 Å². The number of carbonyl (C=O) groups excluding carboxylic acids is 2. The van der Waals surface area contributed by atoms with Gasteiger partial charge in [0.25, 0.3) is 11.8 Å². The first-order chi connectivity index (χ1) is 16.9. The number of hydrogen-bond donors (Lipinski definition) is 0. The monoisotopic (exact) mass is 479 g/mol. The Kier molecular flexibility index (Phi) is 8.07. The second-order valence-corrected chi connectivity index (χ2v) is 9.81. The molecule has 2 aromatic heterocycles. The minimum atomic E-state index is -0.0448. The lowest BCUT2D eigenvalue weighted by atomic mass is 10.0. The SMILES string of the molecule is CCN1CCN(C(=O)c2cncc(CC(C)N3CCN(C(=O)c4ccncn4)[C@H](C)C3)c2)[C@@H](C)C1. The molecular weight excluding hydrogens is 442 g/mol. The maximum Gasteiger partial charge on any atom is 0.272 e. The highest BCUT2D eigenvalue weighted by Crippen LogP contribution is 2.19. The molecule has 35 heavy (non-hydrogen) atoms. The van der Waals surface area contributed by atoms with Gasteiger partial charge in [0.15, 0.2) is 0 Å². The van der Waals surface area contributed by atoms with E-state index in [0.717, 1.165) is 51.3 Å². The lowest BCUT2D eigenvalue weighted by Gasteiger charge is -2.42. The van der Waals surface area contributed by atoms with Gasteiger partial charge in [0.2, 0.25) is 0 Å². The Balaban J connectivity index is 1.35. The average molecular weight is 480 g/mol. The van der Waals surface area contributed by atoms with Crippen LogP contribution in [-0.2, 0) is 6.42 Å². The van der Waals surface area contributed by atoms with E-state index in [0.29, 0.717) is 17.8 Å². The van der Waals surface area contributed by atoms with Gasteiger partial charge in [-0.3, -0.25) is 24.4 Å². The van der Waals surface area contributed by atoms with Gasteiger partial charge in [-0.1, -0.05) is 6.92 Å². The Bertz CT molecular complexity index is 1020. The van der Waals surface area contributed by atoms with Crippen molar-refractivity contribution in [1.82, 2.24) is 34.6 Å². The van der Waals surface area contributed by atoms with E-state index in [9.17, 15) is 9.59 Å². The van der Waals surface area contributed by atoms with Crippen molar-refractivity contribution in [2.24, 2.45) is 0 Å². The first kappa shape index (κ1) is 25.2. The number of carbonyl (C=O) groups is 2. The summed E-state index contributed by atoms with van der Waals surface area (Å²) in [6.45, 7) is 14.4. The maximum atomic E-state index is 13.2. The second-order valence-electron chi connectivity index (χ2n) is 9.81. The minimum Gasteiger partial charge on any atom is -0.333 e. The normalized spacial score (nSPS) is 22.7. The van der Waals surface area contributed by atoms with Crippen molar-refractivity contribution in [3.05, 3.63) is 53.9 Å². The van der Waals surface area contributed by atoms with Crippen LogP contribution >= 0.6 is 0 Å². The summed E-state index contributed by atoms with van der Waals surface area (Å²) in [7, 11) is 0. The summed E-state index contributed by atoms with van der Waals surface area (Å²) in [4.78, 5) is 47.1. The van der Waals surface area contributed by atoms with Gasteiger partial charge in [0, 0.05) is 76.0 Å². The van der Waals surface area contributed by atoms with Gasteiger partial charge in [-0.2, -0.15) is 0 Å². The lowest BCUT2D eigenvalue weighted by molar-refractivity contribution is 0.0402. The van der Waals surface area contributed by atoms with Crippen LogP contribution in [0.1, 0.15) is 54.1 Å². The molecule has 188 valence electrons. The molecular formula is C26H37N7O2. The van der Waals surface area contributed by atoms with Crippen LogP contribution in [-0.4, -0.2) is 110 Å². The molecule has 0 spiro atoms. The van der Waals surface area contributed by atoms with Crippen molar-refractivity contribution >= 4 is 11.8 Å². The number of nitrogens with zero attached hydrogens (tertiary/aromatic N) is 7. The summed E-state index contributed by atoms with van der Waals surface area (Å²) in [5, 5.41) is 0. The Morgan fingerprint density at radius 3 is 2.43 bits per heavy atom. The summed E-state index contributed by atoms with van der Waals surface area (Å²) in [5.74, 6) is 0.0253. The molecule has 9 nitrogen and oxygen atoms in total. The average Bonchev–Trinajstić information content (AvgIpc) is 2.88. The predicted octanol–water partition coefficient (Wildman–Crippen LogP) is 1.82. The smallest absolute Gasteiger partial charge is 0.272 e. The highest BCUT2D eigenvalue weighted by Gasteiger charge is 2.31. The predicted molar refractivity (Wildman–Crippen MR) is 134 cm³/mol. The van der Waals surface area contributed by atoms with Crippen LogP contribution in [0.2, 0.25) is 0 Å². The molecule has 3 atom stereocenters. The minimum absolute atomic E-state index is 0.0448. The Morgan fingerprint density at radius 2 is 1.74 bits per heavy atom. The van der Waals surface area contributed by atoms with Crippen molar-refractivity contribution in [3.8, 4) is 0 Å². The fraction of sp³-hybridized carbons (Fsp3) is 0.577. The third-order valence-corrected chi connectivity index (χ3v) is 7.34. The van der Waals surface area contributed by atoms with E-state index in [4.69, 9.17) is 0 Å². The largest absolute Gasteiger partial charge is 0.333 e. The molecule has 2 aromatic rings. The van der Waals surface area contributed by atoms with Crippen molar-refractivity contribution in [2.75, 3.05) is 45.8 Å². The fourth-order valence-electron chi connectivity index (χ4n) is 5.23. The second kappa shape index (κ2) is 11.2. The summed E-state index contributed by atoms with van der Waals surface area (Å²) in [6, 6.07) is 4.22. The van der Waals surface area contributed by atoms with Crippen LogP contribution in [0.15, 0.2) is 37.1 Å². The molecule has 2 saturated heterocycles. The number of likely N-dealkylation sites (N-methyl/N-ethyl adjacent to an activating group) is 1. The highest BCUT2D eigenvalue weighted by atomic mass is 16.2. The molecule has 9 heteroatoms.